The molecule has 3 heterocycles. The molecule has 0 N–H and O–H groups in total. The van der Waals surface area contributed by atoms with E-state index in [1.807, 2.05) is 12.3 Å². The molecule has 0 saturated carbocycles. The van der Waals surface area contributed by atoms with Crippen molar-refractivity contribution in [3.63, 3.8) is 0 Å². The number of hydrogen-bond donors (Lipinski definition) is 0. The quantitative estimate of drug-likeness (QED) is 0.220. The van der Waals surface area contributed by atoms with E-state index in [-0.39, 0.29) is 0 Å². The molecule has 39 heavy (non-hydrogen) atoms. The zero-order valence-electron chi connectivity index (χ0n) is 20.9. The molecule has 0 amide bonds. The number of hydrogen-bond acceptors (Lipinski definition) is 4. The first-order chi connectivity index (χ1) is 19.3. The van der Waals surface area contributed by atoms with E-state index >= 15 is 0 Å². The van der Waals surface area contributed by atoms with Crippen LogP contribution in [0.4, 0.5) is 0 Å². The predicted octanol–water partition coefficient (Wildman–Crippen LogP) is 9.55. The smallest absolute Gasteiger partial charge is 0.160 e. The summed E-state index contributed by atoms with van der Waals surface area (Å²) < 4.78 is 2.35. The molecule has 0 unspecified atom stereocenters. The first-order valence-corrected chi connectivity index (χ1v) is 13.8. The summed E-state index contributed by atoms with van der Waals surface area (Å²) in [4.78, 5) is 14.9. The second-order valence-electron chi connectivity index (χ2n) is 9.69. The number of fused-ring (bicyclic) bond motifs is 6. The van der Waals surface area contributed by atoms with Crippen LogP contribution in [0.25, 0.3) is 75.8 Å². The van der Waals surface area contributed by atoms with Gasteiger partial charge in [0, 0.05) is 38.2 Å². The van der Waals surface area contributed by atoms with Crippen molar-refractivity contribution < 1.29 is 0 Å². The predicted molar refractivity (Wildman–Crippen MR) is 164 cm³/mol. The third kappa shape index (κ3) is 3.69. The second kappa shape index (κ2) is 8.83. The molecule has 5 aromatic carbocycles. The molecule has 4 heteroatoms. The largest absolute Gasteiger partial charge is 0.256 e. The van der Waals surface area contributed by atoms with E-state index in [4.69, 9.17) is 15.0 Å². The molecular formula is C35H21N3S. The van der Waals surface area contributed by atoms with E-state index < -0.39 is 0 Å². The van der Waals surface area contributed by atoms with E-state index in [1.54, 1.807) is 11.3 Å². The Morgan fingerprint density at radius 2 is 1.23 bits per heavy atom. The molecule has 0 saturated heterocycles. The molecule has 0 radical (unpaired) electrons. The van der Waals surface area contributed by atoms with E-state index in [2.05, 4.69) is 115 Å². The van der Waals surface area contributed by atoms with Gasteiger partial charge in [0.15, 0.2) is 5.82 Å². The maximum Gasteiger partial charge on any atom is 0.160 e. The minimum Gasteiger partial charge on any atom is -0.256 e. The number of aromatic nitrogens is 3. The Hall–Kier alpha value is -4.93. The van der Waals surface area contributed by atoms with Crippen LogP contribution >= 0.6 is 11.3 Å². The van der Waals surface area contributed by atoms with Crippen molar-refractivity contribution in [1.29, 1.82) is 0 Å². The molecule has 0 bridgehead atoms. The van der Waals surface area contributed by atoms with Crippen molar-refractivity contribution in [2.75, 3.05) is 0 Å². The average Bonchev–Trinajstić information content (AvgIpc) is 3.39. The Labute approximate surface area is 229 Å². The van der Waals surface area contributed by atoms with Crippen molar-refractivity contribution >= 4 is 53.3 Å². The summed E-state index contributed by atoms with van der Waals surface area (Å²) >= 11 is 1.76. The molecule has 3 aromatic heterocycles. The van der Waals surface area contributed by atoms with Crippen LogP contribution in [-0.2, 0) is 0 Å². The Kier molecular flexibility index (Phi) is 5.00. The summed E-state index contributed by atoms with van der Waals surface area (Å²) in [5.74, 6) is 0.739. The number of benzene rings is 5. The number of pyridine rings is 1. The molecule has 182 valence electrons. The van der Waals surface area contributed by atoms with Gasteiger partial charge < -0.3 is 0 Å². The van der Waals surface area contributed by atoms with Crippen LogP contribution in [0, 0.1) is 0 Å². The molecule has 0 atom stereocenters. The summed E-state index contributed by atoms with van der Waals surface area (Å²) in [6.45, 7) is 0. The van der Waals surface area contributed by atoms with Gasteiger partial charge in [-0.1, -0.05) is 109 Å². The highest BCUT2D eigenvalue weighted by atomic mass is 32.1. The Balaban J connectivity index is 1.24. The van der Waals surface area contributed by atoms with Gasteiger partial charge in [-0.3, -0.25) is 4.98 Å². The number of rotatable bonds is 3. The van der Waals surface area contributed by atoms with Gasteiger partial charge in [0.2, 0.25) is 0 Å². The first kappa shape index (κ1) is 22.1. The van der Waals surface area contributed by atoms with Crippen molar-refractivity contribution in [1.82, 2.24) is 15.0 Å². The fourth-order valence-corrected chi connectivity index (χ4v) is 6.52. The summed E-state index contributed by atoms with van der Waals surface area (Å²) in [6, 6.07) is 42.4. The summed E-state index contributed by atoms with van der Waals surface area (Å²) in [7, 11) is 0. The van der Waals surface area contributed by atoms with Gasteiger partial charge in [0.05, 0.1) is 21.4 Å². The maximum atomic E-state index is 5.10. The van der Waals surface area contributed by atoms with Gasteiger partial charge in [-0.15, -0.1) is 11.3 Å². The molecule has 0 fully saturated rings. The zero-order chi connectivity index (χ0) is 25.8. The summed E-state index contributed by atoms with van der Waals surface area (Å²) in [6.07, 6.45) is 1.95. The minimum absolute atomic E-state index is 0.739. The van der Waals surface area contributed by atoms with Gasteiger partial charge in [-0.05, 0) is 28.6 Å². The molecule has 0 aliphatic heterocycles. The lowest BCUT2D eigenvalue weighted by molar-refractivity contribution is 1.24. The van der Waals surface area contributed by atoms with Crippen LogP contribution in [0.3, 0.4) is 0 Å². The van der Waals surface area contributed by atoms with E-state index in [1.165, 1.54) is 20.9 Å². The van der Waals surface area contributed by atoms with E-state index in [0.717, 1.165) is 54.9 Å². The lowest BCUT2D eigenvalue weighted by atomic mass is 10.00. The normalized spacial score (nSPS) is 11.6. The van der Waals surface area contributed by atoms with Crippen LogP contribution in [-0.4, -0.2) is 15.0 Å². The minimum atomic E-state index is 0.739. The third-order valence-electron chi connectivity index (χ3n) is 7.33. The number of nitrogens with zero attached hydrogens (tertiary/aromatic N) is 3. The van der Waals surface area contributed by atoms with Gasteiger partial charge >= 0.3 is 0 Å². The Morgan fingerprint density at radius 1 is 0.513 bits per heavy atom. The highest BCUT2D eigenvalue weighted by Gasteiger charge is 2.16. The highest BCUT2D eigenvalue weighted by Crippen LogP contribution is 2.39. The van der Waals surface area contributed by atoms with E-state index in [0.29, 0.717) is 0 Å². The standard InChI is InChI=1S/C35H21N3S/c1-2-8-23(9-3-1)32-34-33(29-12-6-7-13-31(29)39-34)38-35(37-32)24-16-14-22(15-17-24)25-18-19-28-27-11-5-4-10-26(27)21-36-30(28)20-25/h1-21H. The molecule has 3 nitrogen and oxygen atoms in total. The second-order valence-corrected chi connectivity index (χ2v) is 10.7. The van der Waals surface area contributed by atoms with Crippen LogP contribution < -0.4 is 0 Å². The molecule has 8 aromatic rings. The maximum absolute atomic E-state index is 5.10. The summed E-state index contributed by atoms with van der Waals surface area (Å²) in [5, 5.41) is 4.73. The average molecular weight is 516 g/mol. The first-order valence-electron chi connectivity index (χ1n) is 12.9. The molecule has 8 rings (SSSR count). The molecule has 0 aliphatic rings. The SMILES string of the molecule is c1ccc(-c2nc(-c3ccc(-c4ccc5c(c4)ncc4ccccc45)cc3)nc3c2sc2ccccc23)cc1. The Bertz CT molecular complexity index is 2160. The lowest BCUT2D eigenvalue weighted by Crippen LogP contribution is -1.93. The van der Waals surface area contributed by atoms with Crippen LogP contribution in [0.15, 0.2) is 128 Å². The third-order valence-corrected chi connectivity index (χ3v) is 8.50. The van der Waals surface area contributed by atoms with Crippen LogP contribution in [0.5, 0.6) is 0 Å². The highest BCUT2D eigenvalue weighted by molar-refractivity contribution is 7.26. The summed E-state index contributed by atoms with van der Waals surface area (Å²) in [5.41, 5.74) is 7.37. The van der Waals surface area contributed by atoms with Crippen molar-refractivity contribution in [2.24, 2.45) is 0 Å². The van der Waals surface area contributed by atoms with Gasteiger partial charge in [0.25, 0.3) is 0 Å². The molecular weight excluding hydrogens is 494 g/mol. The Morgan fingerprint density at radius 3 is 2.10 bits per heavy atom. The van der Waals surface area contributed by atoms with Gasteiger partial charge in [0.1, 0.15) is 0 Å². The monoisotopic (exact) mass is 515 g/mol. The van der Waals surface area contributed by atoms with Gasteiger partial charge in [-0.2, -0.15) is 0 Å². The van der Waals surface area contributed by atoms with Crippen molar-refractivity contribution in [3.05, 3.63) is 128 Å². The van der Waals surface area contributed by atoms with Crippen LogP contribution in [0.2, 0.25) is 0 Å². The van der Waals surface area contributed by atoms with Gasteiger partial charge in [-0.25, -0.2) is 9.97 Å². The van der Waals surface area contributed by atoms with Crippen LogP contribution in [0.1, 0.15) is 0 Å². The van der Waals surface area contributed by atoms with Crippen molar-refractivity contribution in [2.45, 2.75) is 0 Å². The van der Waals surface area contributed by atoms with E-state index in [9.17, 15) is 0 Å². The zero-order valence-corrected chi connectivity index (χ0v) is 21.7. The fraction of sp³-hybridized carbons (Fsp3) is 0. The fourth-order valence-electron chi connectivity index (χ4n) is 5.36. The van der Waals surface area contributed by atoms with Crippen molar-refractivity contribution in [3.8, 4) is 33.8 Å². The number of thiophene rings is 1. The lowest BCUT2D eigenvalue weighted by Gasteiger charge is -2.09. The topological polar surface area (TPSA) is 38.7 Å². The molecule has 0 spiro atoms. The molecule has 0 aliphatic carbocycles.